The third-order valence-corrected chi connectivity index (χ3v) is 5.38. The minimum Gasteiger partial charge on any atom is -0.507 e. The van der Waals surface area contributed by atoms with Crippen molar-refractivity contribution >= 4 is 23.1 Å². The smallest absolute Gasteiger partial charge is 0.300 e. The fourth-order valence-corrected chi connectivity index (χ4v) is 3.86. The lowest BCUT2D eigenvalue weighted by Crippen LogP contribution is -2.29. The third-order valence-electron chi connectivity index (χ3n) is 5.38. The standard InChI is InChI=1S/C24H15F2NO5/c25-15-4-1-13(2-5-15)21-20(22(28)14-3-10-18-19(11-14)32-12-31-18)23(29)24(30)27(21)17-8-6-16(26)7-9-17/h1-11,21,28H,12H2/b22-20-. The molecule has 8 heteroatoms. The first-order valence-electron chi connectivity index (χ1n) is 9.66. The van der Waals surface area contributed by atoms with Gasteiger partial charge in [0.1, 0.15) is 17.4 Å². The van der Waals surface area contributed by atoms with Gasteiger partial charge in [0.2, 0.25) is 6.79 Å². The number of amides is 1. The van der Waals surface area contributed by atoms with Crippen molar-refractivity contribution in [3.05, 3.63) is 95.1 Å². The Hall–Kier alpha value is -4.20. The van der Waals surface area contributed by atoms with Crippen LogP contribution in [-0.2, 0) is 9.59 Å². The Labute approximate surface area is 180 Å². The van der Waals surface area contributed by atoms with Gasteiger partial charge >= 0.3 is 0 Å². The molecule has 0 bridgehead atoms. The molecule has 2 heterocycles. The van der Waals surface area contributed by atoms with Gasteiger partial charge in [0.05, 0.1) is 11.6 Å². The highest BCUT2D eigenvalue weighted by molar-refractivity contribution is 6.51. The normalized spacial score (nSPS) is 18.9. The highest BCUT2D eigenvalue weighted by Gasteiger charge is 2.47. The van der Waals surface area contributed by atoms with Crippen molar-refractivity contribution in [2.45, 2.75) is 6.04 Å². The number of hydrogen-bond acceptors (Lipinski definition) is 5. The monoisotopic (exact) mass is 435 g/mol. The topological polar surface area (TPSA) is 76.1 Å². The van der Waals surface area contributed by atoms with Gasteiger partial charge in [0.25, 0.3) is 11.7 Å². The van der Waals surface area contributed by atoms with Crippen molar-refractivity contribution in [3.8, 4) is 11.5 Å². The predicted molar refractivity (Wildman–Crippen MR) is 110 cm³/mol. The summed E-state index contributed by atoms with van der Waals surface area (Å²) in [5, 5.41) is 11.1. The van der Waals surface area contributed by atoms with E-state index in [1.165, 1.54) is 48.5 Å². The summed E-state index contributed by atoms with van der Waals surface area (Å²) < 4.78 is 37.6. The number of benzene rings is 3. The number of anilines is 1. The molecular weight excluding hydrogens is 420 g/mol. The van der Waals surface area contributed by atoms with E-state index >= 15 is 0 Å². The van der Waals surface area contributed by atoms with E-state index in [-0.39, 0.29) is 23.6 Å². The van der Waals surface area contributed by atoms with E-state index in [2.05, 4.69) is 0 Å². The summed E-state index contributed by atoms with van der Waals surface area (Å²) >= 11 is 0. The number of hydrogen-bond donors (Lipinski definition) is 1. The molecule has 1 unspecified atom stereocenters. The molecule has 32 heavy (non-hydrogen) atoms. The molecule has 2 aliphatic heterocycles. The van der Waals surface area contributed by atoms with E-state index in [4.69, 9.17) is 9.47 Å². The molecular formula is C24H15F2NO5. The van der Waals surface area contributed by atoms with Crippen molar-refractivity contribution in [2.24, 2.45) is 0 Å². The molecule has 1 fully saturated rings. The van der Waals surface area contributed by atoms with Gasteiger partial charge in [0, 0.05) is 11.3 Å². The van der Waals surface area contributed by atoms with Crippen LogP contribution < -0.4 is 14.4 Å². The molecule has 0 spiro atoms. The van der Waals surface area contributed by atoms with Crippen molar-refractivity contribution in [1.82, 2.24) is 0 Å². The molecule has 1 N–H and O–H groups in total. The lowest BCUT2D eigenvalue weighted by atomic mass is 9.95. The zero-order valence-corrected chi connectivity index (χ0v) is 16.4. The number of carbonyl (C=O) groups excluding carboxylic acids is 2. The van der Waals surface area contributed by atoms with Crippen molar-refractivity contribution < 1.29 is 33.0 Å². The molecule has 1 amide bonds. The largest absolute Gasteiger partial charge is 0.507 e. The van der Waals surface area contributed by atoms with E-state index in [0.717, 1.165) is 17.0 Å². The first-order chi connectivity index (χ1) is 15.4. The molecule has 160 valence electrons. The Morgan fingerprint density at radius 2 is 1.50 bits per heavy atom. The van der Waals surface area contributed by atoms with Crippen LogP contribution in [0.4, 0.5) is 14.5 Å². The number of aliphatic hydroxyl groups is 1. The molecule has 0 aliphatic carbocycles. The number of fused-ring (bicyclic) bond motifs is 1. The van der Waals surface area contributed by atoms with Crippen LogP contribution in [0.3, 0.4) is 0 Å². The average Bonchev–Trinajstić information content (AvgIpc) is 3.37. The van der Waals surface area contributed by atoms with Crippen LogP contribution in [0.25, 0.3) is 5.76 Å². The first-order valence-corrected chi connectivity index (χ1v) is 9.66. The van der Waals surface area contributed by atoms with Gasteiger partial charge < -0.3 is 14.6 Å². The molecule has 0 aromatic heterocycles. The Bertz CT molecular complexity index is 1270. The minimum atomic E-state index is -1.05. The Kier molecular flexibility index (Phi) is 4.62. The summed E-state index contributed by atoms with van der Waals surface area (Å²) in [5.41, 5.74) is 0.730. The highest BCUT2D eigenvalue weighted by Crippen LogP contribution is 2.43. The van der Waals surface area contributed by atoms with Crippen molar-refractivity contribution in [1.29, 1.82) is 0 Å². The highest BCUT2D eigenvalue weighted by atomic mass is 19.1. The van der Waals surface area contributed by atoms with Gasteiger partial charge in [-0.05, 0) is 60.2 Å². The van der Waals surface area contributed by atoms with Crippen molar-refractivity contribution in [2.75, 3.05) is 11.7 Å². The number of rotatable bonds is 3. The molecule has 6 nitrogen and oxygen atoms in total. The summed E-state index contributed by atoms with van der Waals surface area (Å²) in [5.74, 6) is -2.36. The molecule has 1 atom stereocenters. The van der Waals surface area contributed by atoms with Gasteiger partial charge in [-0.3, -0.25) is 14.5 Å². The Morgan fingerprint density at radius 1 is 0.875 bits per heavy atom. The van der Waals surface area contributed by atoms with Gasteiger partial charge in [-0.15, -0.1) is 0 Å². The number of Topliss-reactive ketones (excluding diaryl/α,β-unsaturated/α-hetero) is 1. The van der Waals surface area contributed by atoms with E-state index in [1.807, 2.05) is 0 Å². The number of halogens is 2. The van der Waals surface area contributed by atoms with Gasteiger partial charge in [-0.25, -0.2) is 8.78 Å². The summed E-state index contributed by atoms with van der Waals surface area (Å²) in [4.78, 5) is 27.2. The van der Waals surface area contributed by atoms with Crippen LogP contribution in [0.2, 0.25) is 0 Å². The Morgan fingerprint density at radius 3 is 2.19 bits per heavy atom. The minimum absolute atomic E-state index is 0.0318. The van der Waals surface area contributed by atoms with Gasteiger partial charge in [-0.1, -0.05) is 12.1 Å². The van der Waals surface area contributed by atoms with Crippen LogP contribution in [-0.4, -0.2) is 23.6 Å². The van der Waals surface area contributed by atoms with Crippen LogP contribution in [0.1, 0.15) is 17.2 Å². The quantitative estimate of drug-likeness (QED) is 0.377. The van der Waals surface area contributed by atoms with Gasteiger partial charge in [0.15, 0.2) is 11.5 Å². The molecule has 2 aliphatic rings. The molecule has 3 aromatic rings. The second-order valence-electron chi connectivity index (χ2n) is 7.27. The number of ketones is 1. The van der Waals surface area contributed by atoms with Crippen molar-refractivity contribution in [3.63, 3.8) is 0 Å². The molecule has 5 rings (SSSR count). The summed E-state index contributed by atoms with van der Waals surface area (Å²) in [6.07, 6.45) is 0. The average molecular weight is 435 g/mol. The number of nitrogens with zero attached hydrogens (tertiary/aromatic N) is 1. The second-order valence-corrected chi connectivity index (χ2v) is 7.27. The van der Waals surface area contributed by atoms with Crippen LogP contribution in [0.5, 0.6) is 11.5 Å². The molecule has 0 saturated carbocycles. The predicted octanol–water partition coefficient (Wildman–Crippen LogP) is 4.32. The zero-order valence-electron chi connectivity index (χ0n) is 16.4. The maximum Gasteiger partial charge on any atom is 0.300 e. The maximum absolute atomic E-state index is 13.6. The molecule has 0 radical (unpaired) electrons. The first kappa shape index (κ1) is 19.7. The Balaban J connectivity index is 1.70. The summed E-state index contributed by atoms with van der Waals surface area (Å²) in [6, 6.07) is 13.9. The van der Waals surface area contributed by atoms with Gasteiger partial charge in [-0.2, -0.15) is 0 Å². The fourth-order valence-electron chi connectivity index (χ4n) is 3.86. The number of carbonyl (C=O) groups is 2. The van der Waals surface area contributed by atoms with Crippen LogP contribution in [0, 0.1) is 11.6 Å². The fraction of sp³-hybridized carbons (Fsp3) is 0.0833. The van der Waals surface area contributed by atoms with Crippen LogP contribution in [0.15, 0.2) is 72.3 Å². The third kappa shape index (κ3) is 3.17. The molecule has 3 aromatic carbocycles. The number of aliphatic hydroxyl groups excluding tert-OH is 1. The number of ether oxygens (including phenoxy) is 2. The zero-order chi connectivity index (χ0) is 22.4. The van der Waals surface area contributed by atoms with E-state index in [9.17, 15) is 23.5 Å². The van der Waals surface area contributed by atoms with E-state index in [0.29, 0.717) is 17.1 Å². The summed E-state index contributed by atoms with van der Waals surface area (Å²) in [6.45, 7) is 0.0318. The summed E-state index contributed by atoms with van der Waals surface area (Å²) in [7, 11) is 0. The lowest BCUT2D eigenvalue weighted by Gasteiger charge is -2.25. The van der Waals surface area contributed by atoms with E-state index < -0.39 is 35.1 Å². The SMILES string of the molecule is O=C1C(=O)N(c2ccc(F)cc2)C(c2ccc(F)cc2)/C1=C(/O)c1ccc2c(c1)OCO2. The maximum atomic E-state index is 13.6. The lowest BCUT2D eigenvalue weighted by molar-refractivity contribution is -0.132. The van der Waals surface area contributed by atoms with E-state index in [1.54, 1.807) is 6.07 Å². The van der Waals surface area contributed by atoms with Crippen LogP contribution >= 0.6 is 0 Å². The molecule has 1 saturated heterocycles. The second kappa shape index (κ2) is 7.49.